The van der Waals surface area contributed by atoms with E-state index in [2.05, 4.69) is 4.74 Å². The van der Waals surface area contributed by atoms with E-state index in [4.69, 9.17) is 0 Å². The SMILES string of the molecule is COC(=O)CCC(C1=CCCCC1)[N+](=O)[O-]. The first-order valence-corrected chi connectivity index (χ1v) is 5.54. The van der Waals surface area contributed by atoms with E-state index in [1.165, 1.54) is 7.11 Å². The van der Waals surface area contributed by atoms with Crippen LogP contribution < -0.4 is 0 Å². The van der Waals surface area contributed by atoms with Gasteiger partial charge in [0.15, 0.2) is 0 Å². The highest BCUT2D eigenvalue weighted by atomic mass is 16.6. The average molecular weight is 227 g/mol. The van der Waals surface area contributed by atoms with E-state index in [9.17, 15) is 14.9 Å². The Morgan fingerprint density at radius 1 is 1.62 bits per heavy atom. The zero-order valence-corrected chi connectivity index (χ0v) is 9.48. The molecule has 5 heteroatoms. The van der Waals surface area contributed by atoms with E-state index in [1.807, 2.05) is 6.08 Å². The number of allylic oxidation sites excluding steroid dienone is 1. The maximum absolute atomic E-state index is 11.0. The van der Waals surface area contributed by atoms with Crippen molar-refractivity contribution < 1.29 is 14.5 Å². The Bertz CT molecular complexity index is 298. The van der Waals surface area contributed by atoms with Crippen molar-refractivity contribution in [1.82, 2.24) is 0 Å². The van der Waals surface area contributed by atoms with Crippen LogP contribution in [0.15, 0.2) is 11.6 Å². The van der Waals surface area contributed by atoms with Crippen LogP contribution in [-0.4, -0.2) is 24.0 Å². The second-order valence-electron chi connectivity index (χ2n) is 3.94. The van der Waals surface area contributed by atoms with Crippen LogP contribution in [0, 0.1) is 10.1 Å². The lowest BCUT2D eigenvalue weighted by atomic mass is 9.92. The molecule has 0 fully saturated rings. The van der Waals surface area contributed by atoms with Crippen LogP contribution in [0.1, 0.15) is 38.5 Å². The van der Waals surface area contributed by atoms with E-state index in [1.54, 1.807) is 0 Å². The molecule has 0 aromatic carbocycles. The maximum Gasteiger partial charge on any atom is 0.305 e. The molecule has 0 aliphatic heterocycles. The normalized spacial score (nSPS) is 17.4. The molecule has 5 nitrogen and oxygen atoms in total. The lowest BCUT2D eigenvalue weighted by molar-refractivity contribution is -0.513. The maximum atomic E-state index is 11.0. The molecule has 0 aromatic rings. The second-order valence-corrected chi connectivity index (χ2v) is 3.94. The largest absolute Gasteiger partial charge is 0.469 e. The fourth-order valence-electron chi connectivity index (χ4n) is 1.95. The lowest BCUT2D eigenvalue weighted by Crippen LogP contribution is -2.24. The van der Waals surface area contributed by atoms with Gasteiger partial charge in [0.1, 0.15) is 0 Å². The number of ether oxygens (including phenoxy) is 1. The number of esters is 1. The van der Waals surface area contributed by atoms with Crippen molar-refractivity contribution in [3.8, 4) is 0 Å². The van der Waals surface area contributed by atoms with E-state index in [0.717, 1.165) is 31.3 Å². The van der Waals surface area contributed by atoms with Gasteiger partial charge in [0, 0.05) is 11.3 Å². The minimum absolute atomic E-state index is 0.111. The summed E-state index contributed by atoms with van der Waals surface area (Å²) in [6, 6.07) is -0.709. The number of hydrogen-bond donors (Lipinski definition) is 0. The Morgan fingerprint density at radius 2 is 2.38 bits per heavy atom. The summed E-state index contributed by atoms with van der Waals surface area (Å²) in [6.45, 7) is 0. The summed E-state index contributed by atoms with van der Waals surface area (Å²) in [5.74, 6) is -0.386. The van der Waals surface area contributed by atoms with Crippen LogP contribution in [0.5, 0.6) is 0 Å². The van der Waals surface area contributed by atoms with Crippen LogP contribution >= 0.6 is 0 Å². The molecule has 90 valence electrons. The van der Waals surface area contributed by atoms with Gasteiger partial charge in [-0.3, -0.25) is 14.9 Å². The molecule has 0 heterocycles. The van der Waals surface area contributed by atoms with Crippen molar-refractivity contribution in [3.05, 3.63) is 21.8 Å². The number of rotatable bonds is 5. The van der Waals surface area contributed by atoms with Gasteiger partial charge in [-0.2, -0.15) is 0 Å². The number of carbonyl (C=O) groups excluding carboxylic acids is 1. The van der Waals surface area contributed by atoms with Crippen LogP contribution in [0.3, 0.4) is 0 Å². The minimum Gasteiger partial charge on any atom is -0.469 e. The third-order valence-corrected chi connectivity index (χ3v) is 2.86. The van der Waals surface area contributed by atoms with Crippen LogP contribution in [0.25, 0.3) is 0 Å². The standard InChI is InChI=1S/C11H17NO4/c1-16-11(13)8-7-10(12(14)15)9-5-3-2-4-6-9/h5,10H,2-4,6-8H2,1H3. The topological polar surface area (TPSA) is 69.4 Å². The van der Waals surface area contributed by atoms with Gasteiger partial charge in [-0.25, -0.2) is 0 Å². The molecule has 0 spiro atoms. The predicted octanol–water partition coefficient (Wildman–Crippen LogP) is 2.09. The molecule has 0 N–H and O–H groups in total. The second kappa shape index (κ2) is 6.25. The lowest BCUT2D eigenvalue weighted by Gasteiger charge is -2.16. The molecule has 1 unspecified atom stereocenters. The van der Waals surface area contributed by atoms with Crippen molar-refractivity contribution in [2.75, 3.05) is 7.11 Å². The fraction of sp³-hybridized carbons (Fsp3) is 0.727. The number of nitro groups is 1. The molecule has 0 amide bonds. The first-order valence-electron chi connectivity index (χ1n) is 5.54. The van der Waals surface area contributed by atoms with Crippen molar-refractivity contribution in [2.45, 2.75) is 44.6 Å². The van der Waals surface area contributed by atoms with Crippen LogP contribution in [-0.2, 0) is 9.53 Å². The molecule has 0 radical (unpaired) electrons. The summed E-state index contributed by atoms with van der Waals surface area (Å²) in [7, 11) is 1.30. The highest BCUT2D eigenvalue weighted by Crippen LogP contribution is 2.24. The Labute approximate surface area is 94.6 Å². The number of carbonyl (C=O) groups is 1. The number of nitrogens with zero attached hydrogens (tertiary/aromatic N) is 1. The van der Waals surface area contributed by atoms with Crippen LogP contribution in [0.2, 0.25) is 0 Å². The monoisotopic (exact) mass is 227 g/mol. The summed E-state index contributed by atoms with van der Waals surface area (Å²) in [5.41, 5.74) is 0.875. The number of hydrogen-bond acceptors (Lipinski definition) is 4. The summed E-state index contributed by atoms with van der Waals surface area (Å²) >= 11 is 0. The zero-order chi connectivity index (χ0) is 12.0. The molecule has 0 bridgehead atoms. The molecule has 1 rings (SSSR count). The van der Waals surface area contributed by atoms with E-state index >= 15 is 0 Å². The molecular weight excluding hydrogens is 210 g/mol. The molecule has 0 saturated carbocycles. The highest BCUT2D eigenvalue weighted by molar-refractivity contribution is 5.69. The summed E-state index contributed by atoms with van der Waals surface area (Å²) in [4.78, 5) is 21.6. The molecule has 16 heavy (non-hydrogen) atoms. The highest BCUT2D eigenvalue weighted by Gasteiger charge is 2.26. The van der Waals surface area contributed by atoms with Crippen LogP contribution in [0.4, 0.5) is 0 Å². The summed E-state index contributed by atoms with van der Waals surface area (Å²) < 4.78 is 4.49. The van der Waals surface area contributed by atoms with E-state index < -0.39 is 6.04 Å². The summed E-state index contributed by atoms with van der Waals surface area (Å²) in [5, 5.41) is 10.9. The van der Waals surface area contributed by atoms with Gasteiger partial charge >= 0.3 is 5.97 Å². The van der Waals surface area contributed by atoms with Gasteiger partial charge in [0.2, 0.25) is 6.04 Å². The van der Waals surface area contributed by atoms with Gasteiger partial charge < -0.3 is 4.74 Å². The fourth-order valence-corrected chi connectivity index (χ4v) is 1.95. The quantitative estimate of drug-likeness (QED) is 0.312. The van der Waals surface area contributed by atoms with Crippen molar-refractivity contribution in [2.24, 2.45) is 0 Å². The molecule has 0 aromatic heterocycles. The number of methoxy groups -OCH3 is 1. The predicted molar refractivity (Wildman–Crippen MR) is 58.6 cm³/mol. The molecule has 1 atom stereocenters. The van der Waals surface area contributed by atoms with E-state index in [-0.39, 0.29) is 23.7 Å². The molecule has 0 saturated heterocycles. The molecule has 1 aliphatic rings. The van der Waals surface area contributed by atoms with Crippen molar-refractivity contribution in [3.63, 3.8) is 0 Å². The minimum atomic E-state index is -0.709. The smallest absolute Gasteiger partial charge is 0.305 e. The average Bonchev–Trinajstić information content (AvgIpc) is 2.30. The van der Waals surface area contributed by atoms with Crippen molar-refractivity contribution in [1.29, 1.82) is 0 Å². The Kier molecular flexibility index (Phi) is 4.95. The van der Waals surface area contributed by atoms with E-state index in [0.29, 0.717) is 0 Å². The van der Waals surface area contributed by atoms with Gasteiger partial charge in [-0.05, 0) is 31.3 Å². The van der Waals surface area contributed by atoms with Gasteiger partial charge in [0.25, 0.3) is 0 Å². The third-order valence-electron chi connectivity index (χ3n) is 2.86. The molecule has 1 aliphatic carbocycles. The van der Waals surface area contributed by atoms with Gasteiger partial charge in [-0.1, -0.05) is 6.08 Å². The first kappa shape index (κ1) is 12.7. The Balaban J connectivity index is 2.57. The first-order chi connectivity index (χ1) is 7.65. The third kappa shape index (κ3) is 3.64. The van der Waals surface area contributed by atoms with Gasteiger partial charge in [-0.15, -0.1) is 0 Å². The Morgan fingerprint density at radius 3 is 2.88 bits per heavy atom. The van der Waals surface area contributed by atoms with Crippen molar-refractivity contribution >= 4 is 5.97 Å². The Hall–Kier alpha value is -1.39. The van der Waals surface area contributed by atoms with Gasteiger partial charge in [0.05, 0.1) is 13.5 Å². The zero-order valence-electron chi connectivity index (χ0n) is 9.48. The molecular formula is C11H17NO4. The summed E-state index contributed by atoms with van der Waals surface area (Å²) in [6.07, 6.45) is 6.11.